The fourth-order valence-electron chi connectivity index (χ4n) is 3.93. The maximum absolute atomic E-state index is 12.3. The van der Waals surface area contributed by atoms with Crippen LogP contribution in [-0.4, -0.2) is 34.5 Å². The number of hydrogen-bond donors (Lipinski definition) is 1. The molecule has 0 aromatic carbocycles. The second kappa shape index (κ2) is 6.98. The van der Waals surface area contributed by atoms with Crippen LogP contribution in [0.3, 0.4) is 0 Å². The summed E-state index contributed by atoms with van der Waals surface area (Å²) < 4.78 is 1.88. The van der Waals surface area contributed by atoms with E-state index < -0.39 is 0 Å². The minimum absolute atomic E-state index is 0.247. The van der Waals surface area contributed by atoms with Gasteiger partial charge in [-0.2, -0.15) is 5.26 Å². The molecule has 0 radical (unpaired) electrons. The largest absolute Gasteiger partial charge is 0.352 e. The van der Waals surface area contributed by atoms with E-state index in [0.717, 1.165) is 32.5 Å². The summed E-state index contributed by atoms with van der Waals surface area (Å²) >= 11 is 0. The van der Waals surface area contributed by atoms with Crippen molar-refractivity contribution in [2.45, 2.75) is 45.7 Å². The number of carbonyl (C=O) groups is 1. The predicted octanol–water partition coefficient (Wildman–Crippen LogP) is 2.27. The average Bonchev–Trinajstić information content (AvgIpc) is 3.00. The number of carbonyl (C=O) groups excluding carboxylic acids is 1. The molecule has 0 bridgehead atoms. The number of nitrogens with zero attached hydrogens (tertiary/aromatic N) is 3. The van der Waals surface area contributed by atoms with Crippen LogP contribution in [0.5, 0.6) is 0 Å². The van der Waals surface area contributed by atoms with Crippen LogP contribution in [-0.2, 0) is 18.4 Å². The van der Waals surface area contributed by atoms with E-state index in [4.69, 9.17) is 5.26 Å². The molecular formula is C19H28N4O. The molecule has 1 amide bonds. The van der Waals surface area contributed by atoms with Gasteiger partial charge in [0.15, 0.2) is 0 Å². The smallest absolute Gasteiger partial charge is 0.223 e. The van der Waals surface area contributed by atoms with Crippen LogP contribution in [0.15, 0.2) is 12.3 Å². The first kappa shape index (κ1) is 17.0. The van der Waals surface area contributed by atoms with Crippen molar-refractivity contribution in [2.75, 3.05) is 13.1 Å². The van der Waals surface area contributed by atoms with Gasteiger partial charge in [-0.1, -0.05) is 20.3 Å². The molecule has 5 heteroatoms. The average molecular weight is 328 g/mol. The van der Waals surface area contributed by atoms with Crippen LogP contribution < -0.4 is 5.32 Å². The Kier molecular flexibility index (Phi) is 4.96. The number of rotatable bonds is 5. The van der Waals surface area contributed by atoms with Crippen molar-refractivity contribution in [3.8, 4) is 6.07 Å². The topological polar surface area (TPSA) is 61.1 Å². The first-order chi connectivity index (χ1) is 11.5. The lowest BCUT2D eigenvalue weighted by Crippen LogP contribution is -2.45. The third-order valence-electron chi connectivity index (χ3n) is 5.68. The zero-order valence-corrected chi connectivity index (χ0v) is 15.0. The zero-order valence-electron chi connectivity index (χ0n) is 15.0. The van der Waals surface area contributed by atoms with E-state index in [-0.39, 0.29) is 17.9 Å². The lowest BCUT2D eigenvalue weighted by atomic mass is 9.84. The van der Waals surface area contributed by atoms with Gasteiger partial charge in [0, 0.05) is 44.8 Å². The van der Waals surface area contributed by atoms with Gasteiger partial charge in [-0.05, 0) is 36.3 Å². The van der Waals surface area contributed by atoms with Crippen LogP contribution in [0.25, 0.3) is 0 Å². The molecular weight excluding hydrogens is 300 g/mol. The summed E-state index contributed by atoms with van der Waals surface area (Å²) in [6, 6.07) is 4.43. The monoisotopic (exact) mass is 328 g/mol. The molecule has 1 aliphatic heterocycles. The molecule has 1 saturated heterocycles. The highest BCUT2D eigenvalue weighted by Gasteiger charge is 2.37. The van der Waals surface area contributed by atoms with Crippen LogP contribution in [0.1, 0.15) is 44.4 Å². The highest BCUT2D eigenvalue weighted by atomic mass is 16.2. The second-order valence-corrected chi connectivity index (χ2v) is 7.80. The minimum Gasteiger partial charge on any atom is -0.352 e. The van der Waals surface area contributed by atoms with Crippen molar-refractivity contribution in [3.63, 3.8) is 0 Å². The molecule has 1 saturated carbocycles. The maximum Gasteiger partial charge on any atom is 0.223 e. The van der Waals surface area contributed by atoms with Crippen LogP contribution in [0.2, 0.25) is 0 Å². The van der Waals surface area contributed by atoms with Crippen LogP contribution in [0.4, 0.5) is 0 Å². The third-order valence-corrected chi connectivity index (χ3v) is 5.68. The lowest BCUT2D eigenvalue weighted by molar-refractivity contribution is -0.128. The molecule has 1 aliphatic carbocycles. The number of amides is 1. The summed E-state index contributed by atoms with van der Waals surface area (Å²) in [7, 11) is 1.91. The zero-order chi connectivity index (χ0) is 17.3. The molecule has 1 aromatic heterocycles. The van der Waals surface area contributed by atoms with Crippen molar-refractivity contribution < 1.29 is 4.79 Å². The third kappa shape index (κ3) is 3.49. The molecule has 5 nitrogen and oxygen atoms in total. The lowest BCUT2D eigenvalue weighted by Gasteiger charge is -2.29. The molecule has 0 unspecified atom stereocenters. The van der Waals surface area contributed by atoms with E-state index >= 15 is 0 Å². The first-order valence-corrected chi connectivity index (χ1v) is 9.06. The van der Waals surface area contributed by atoms with Crippen molar-refractivity contribution in [2.24, 2.45) is 24.8 Å². The molecule has 130 valence electrons. The molecule has 0 spiro atoms. The van der Waals surface area contributed by atoms with Gasteiger partial charge in [0.25, 0.3) is 0 Å². The Morgan fingerprint density at radius 2 is 2.17 bits per heavy atom. The number of aryl methyl sites for hydroxylation is 1. The first-order valence-electron chi connectivity index (χ1n) is 9.06. The summed E-state index contributed by atoms with van der Waals surface area (Å²) in [5, 5.41) is 12.4. The number of aromatic nitrogens is 1. The van der Waals surface area contributed by atoms with E-state index in [2.05, 4.69) is 30.1 Å². The minimum atomic E-state index is 0.247. The normalized spacial score (nSPS) is 24.8. The Morgan fingerprint density at radius 3 is 2.71 bits per heavy atom. The van der Waals surface area contributed by atoms with Gasteiger partial charge in [0.05, 0.1) is 0 Å². The van der Waals surface area contributed by atoms with Gasteiger partial charge in [-0.25, -0.2) is 0 Å². The Labute approximate surface area is 144 Å². The van der Waals surface area contributed by atoms with Crippen molar-refractivity contribution in [1.82, 2.24) is 14.8 Å². The molecule has 24 heavy (non-hydrogen) atoms. The van der Waals surface area contributed by atoms with Crippen molar-refractivity contribution in [3.05, 3.63) is 23.5 Å². The Hall–Kier alpha value is -1.80. The Balaban J connectivity index is 1.63. The summed E-state index contributed by atoms with van der Waals surface area (Å²) in [5.74, 6) is 1.55. The van der Waals surface area contributed by atoms with Crippen molar-refractivity contribution in [1.29, 1.82) is 5.26 Å². The predicted molar refractivity (Wildman–Crippen MR) is 93.0 cm³/mol. The van der Waals surface area contributed by atoms with Gasteiger partial charge in [0.1, 0.15) is 11.8 Å². The standard InChI is InChI=1S/C19H28N4O/c1-13(2)17-11-23(10-14-7-16(8-20)22(3)9-14)12-18(17)21-19(24)15-5-4-6-15/h7,9,13,15,17-18H,4-6,10-12H2,1-3H3,(H,21,24)/t17-,18+/m1/s1. The van der Waals surface area contributed by atoms with Gasteiger partial charge in [-0.15, -0.1) is 0 Å². The summed E-state index contributed by atoms with van der Waals surface area (Å²) in [4.78, 5) is 14.7. The van der Waals surface area contributed by atoms with Gasteiger partial charge >= 0.3 is 0 Å². The molecule has 1 N–H and O–H groups in total. The van der Waals surface area contributed by atoms with E-state index in [1.807, 2.05) is 23.9 Å². The van der Waals surface area contributed by atoms with Crippen molar-refractivity contribution >= 4 is 5.91 Å². The van der Waals surface area contributed by atoms with Crippen LogP contribution >= 0.6 is 0 Å². The van der Waals surface area contributed by atoms with Gasteiger partial charge < -0.3 is 9.88 Å². The SMILES string of the molecule is CC(C)[C@H]1CN(Cc2cc(C#N)n(C)c2)C[C@@H]1NC(=O)C1CCC1. The summed E-state index contributed by atoms with van der Waals surface area (Å²) in [6.07, 6.45) is 5.33. The van der Waals surface area contributed by atoms with E-state index in [1.165, 1.54) is 12.0 Å². The highest BCUT2D eigenvalue weighted by Crippen LogP contribution is 2.29. The van der Waals surface area contributed by atoms with E-state index in [9.17, 15) is 4.79 Å². The number of hydrogen-bond acceptors (Lipinski definition) is 3. The number of nitriles is 1. The van der Waals surface area contributed by atoms with Crippen LogP contribution in [0, 0.1) is 29.1 Å². The molecule has 1 aromatic rings. The fraction of sp³-hybridized carbons (Fsp3) is 0.684. The Morgan fingerprint density at radius 1 is 1.42 bits per heavy atom. The number of likely N-dealkylation sites (tertiary alicyclic amines) is 1. The van der Waals surface area contributed by atoms with E-state index in [1.54, 1.807) is 0 Å². The van der Waals surface area contributed by atoms with Gasteiger partial charge in [-0.3, -0.25) is 9.69 Å². The molecule has 2 fully saturated rings. The maximum atomic E-state index is 12.3. The Bertz CT molecular complexity index is 638. The molecule has 2 atom stereocenters. The quantitative estimate of drug-likeness (QED) is 0.902. The van der Waals surface area contributed by atoms with Gasteiger partial charge in [0.2, 0.25) is 5.91 Å². The molecule has 2 aliphatic rings. The fourth-order valence-corrected chi connectivity index (χ4v) is 3.93. The summed E-state index contributed by atoms with van der Waals surface area (Å²) in [6.45, 7) is 7.23. The molecule has 3 rings (SSSR count). The number of nitrogens with one attached hydrogen (secondary N) is 1. The summed E-state index contributed by atoms with van der Waals surface area (Å²) in [5.41, 5.74) is 1.86. The second-order valence-electron chi connectivity index (χ2n) is 7.80. The van der Waals surface area contributed by atoms with E-state index in [0.29, 0.717) is 17.5 Å². The molecule has 2 heterocycles. The highest BCUT2D eigenvalue weighted by molar-refractivity contribution is 5.79.